The molecule has 2 aromatic rings. The van der Waals surface area contributed by atoms with Crippen LogP contribution in [0, 0.1) is 19.8 Å². The number of aryl methyl sites for hydroxylation is 2. The Labute approximate surface area is 154 Å². The maximum absolute atomic E-state index is 12.9. The average molecular weight is 367 g/mol. The Morgan fingerprint density at radius 3 is 2.76 bits per heavy atom. The minimum atomic E-state index is -0.0182. The van der Waals surface area contributed by atoms with Gasteiger partial charge in [0, 0.05) is 37.4 Å². The van der Waals surface area contributed by atoms with Gasteiger partial charge in [-0.1, -0.05) is 6.92 Å². The molecule has 1 aliphatic rings. The number of carbonyl (C=O) groups excluding carboxylic acids is 1. The van der Waals surface area contributed by atoms with Crippen LogP contribution >= 0.6 is 12.4 Å². The van der Waals surface area contributed by atoms with Gasteiger partial charge in [-0.2, -0.15) is 10.2 Å². The van der Waals surface area contributed by atoms with Crippen molar-refractivity contribution < 1.29 is 4.79 Å². The van der Waals surface area contributed by atoms with Crippen LogP contribution < -0.4 is 5.73 Å². The van der Waals surface area contributed by atoms with Gasteiger partial charge in [-0.25, -0.2) is 0 Å². The topological polar surface area (TPSA) is 92.8 Å². The van der Waals surface area contributed by atoms with Crippen LogP contribution in [0.2, 0.25) is 0 Å². The fourth-order valence-electron chi connectivity index (χ4n) is 3.60. The van der Waals surface area contributed by atoms with E-state index in [1.165, 1.54) is 0 Å². The van der Waals surface area contributed by atoms with Crippen LogP contribution in [-0.4, -0.2) is 49.9 Å². The first-order valence-electron chi connectivity index (χ1n) is 8.49. The second-order valence-electron chi connectivity index (χ2n) is 6.85. The quantitative estimate of drug-likeness (QED) is 0.869. The number of piperidine rings is 1. The molecule has 7 nitrogen and oxygen atoms in total. The van der Waals surface area contributed by atoms with E-state index < -0.39 is 0 Å². The molecule has 138 valence electrons. The maximum atomic E-state index is 12.9. The molecule has 2 atom stereocenters. The molecule has 3 heterocycles. The predicted octanol–water partition coefficient (Wildman–Crippen LogP) is 2.05. The van der Waals surface area contributed by atoms with Gasteiger partial charge in [0.05, 0.1) is 11.4 Å². The van der Waals surface area contributed by atoms with E-state index in [9.17, 15) is 4.79 Å². The number of rotatable bonds is 3. The smallest absolute Gasteiger partial charge is 0.272 e. The van der Waals surface area contributed by atoms with Crippen molar-refractivity contribution in [3.8, 4) is 11.3 Å². The Kier molecular flexibility index (Phi) is 5.90. The number of halogens is 1. The van der Waals surface area contributed by atoms with Gasteiger partial charge in [-0.15, -0.1) is 12.4 Å². The van der Waals surface area contributed by atoms with Crippen LogP contribution in [0.1, 0.15) is 41.6 Å². The molecule has 0 aliphatic carbocycles. The molecular weight excluding hydrogens is 340 g/mol. The van der Waals surface area contributed by atoms with Crippen LogP contribution in [0.15, 0.2) is 6.07 Å². The summed E-state index contributed by atoms with van der Waals surface area (Å²) in [4.78, 5) is 14.8. The zero-order chi connectivity index (χ0) is 17.4. The molecule has 3 N–H and O–H groups in total. The van der Waals surface area contributed by atoms with Gasteiger partial charge >= 0.3 is 0 Å². The van der Waals surface area contributed by atoms with Crippen molar-refractivity contribution in [3.05, 3.63) is 23.1 Å². The molecule has 0 spiro atoms. The lowest BCUT2D eigenvalue weighted by Crippen LogP contribution is -2.49. The summed E-state index contributed by atoms with van der Waals surface area (Å²) in [5.41, 5.74) is 10.1. The van der Waals surface area contributed by atoms with Gasteiger partial charge in [-0.05, 0) is 38.7 Å². The van der Waals surface area contributed by atoms with Crippen molar-refractivity contribution in [2.24, 2.45) is 18.7 Å². The van der Waals surface area contributed by atoms with Gasteiger partial charge in [0.15, 0.2) is 0 Å². The molecule has 1 fully saturated rings. The van der Waals surface area contributed by atoms with Crippen molar-refractivity contribution in [1.82, 2.24) is 24.9 Å². The zero-order valence-corrected chi connectivity index (χ0v) is 16.1. The number of hydrogen-bond donors (Lipinski definition) is 2. The molecular formula is C17H27ClN6O. The van der Waals surface area contributed by atoms with Gasteiger partial charge in [0.25, 0.3) is 5.91 Å². The average Bonchev–Trinajstić information content (AvgIpc) is 3.12. The molecule has 8 heteroatoms. The van der Waals surface area contributed by atoms with Crippen LogP contribution in [0.5, 0.6) is 0 Å². The minimum absolute atomic E-state index is 0. The van der Waals surface area contributed by atoms with Gasteiger partial charge in [-0.3, -0.25) is 14.6 Å². The van der Waals surface area contributed by atoms with E-state index in [2.05, 4.69) is 22.2 Å². The van der Waals surface area contributed by atoms with E-state index in [1.54, 1.807) is 0 Å². The number of aromatic nitrogens is 4. The molecule has 1 aliphatic heterocycles. The number of nitrogens with zero attached hydrogens (tertiary/aromatic N) is 4. The molecule has 2 aromatic heterocycles. The van der Waals surface area contributed by atoms with Crippen LogP contribution in [0.4, 0.5) is 0 Å². The minimum Gasteiger partial charge on any atom is -0.333 e. The highest BCUT2D eigenvalue weighted by molar-refractivity contribution is 5.93. The predicted molar refractivity (Wildman–Crippen MR) is 99.8 cm³/mol. The van der Waals surface area contributed by atoms with Crippen molar-refractivity contribution in [3.63, 3.8) is 0 Å². The number of nitrogens with two attached hydrogens (primary N) is 1. The summed E-state index contributed by atoms with van der Waals surface area (Å²) in [5, 5.41) is 11.7. The monoisotopic (exact) mass is 366 g/mol. The maximum Gasteiger partial charge on any atom is 0.272 e. The highest BCUT2D eigenvalue weighted by Gasteiger charge is 2.30. The molecule has 0 saturated carbocycles. The Balaban J connectivity index is 0.00000225. The summed E-state index contributed by atoms with van der Waals surface area (Å²) >= 11 is 0. The molecule has 2 unspecified atom stereocenters. The first-order chi connectivity index (χ1) is 11.4. The van der Waals surface area contributed by atoms with Gasteiger partial charge in [0.2, 0.25) is 0 Å². The number of amides is 1. The van der Waals surface area contributed by atoms with E-state index in [4.69, 9.17) is 5.73 Å². The Hall–Kier alpha value is -1.86. The molecule has 1 amide bonds. The van der Waals surface area contributed by atoms with E-state index in [-0.39, 0.29) is 24.4 Å². The zero-order valence-electron chi connectivity index (χ0n) is 15.2. The van der Waals surface area contributed by atoms with Crippen LogP contribution in [-0.2, 0) is 7.05 Å². The third kappa shape index (κ3) is 3.57. The summed E-state index contributed by atoms with van der Waals surface area (Å²) in [7, 11) is 1.91. The third-order valence-corrected chi connectivity index (χ3v) is 5.08. The number of nitrogens with one attached hydrogen (secondary N) is 1. The Morgan fingerprint density at radius 2 is 2.16 bits per heavy atom. The molecule has 3 rings (SSSR count). The van der Waals surface area contributed by atoms with E-state index in [0.29, 0.717) is 18.2 Å². The van der Waals surface area contributed by atoms with Crippen molar-refractivity contribution in [2.45, 2.75) is 39.7 Å². The summed E-state index contributed by atoms with van der Waals surface area (Å²) in [6, 6.07) is 1.93. The van der Waals surface area contributed by atoms with Crippen LogP contribution in [0.3, 0.4) is 0 Å². The van der Waals surface area contributed by atoms with Crippen molar-refractivity contribution >= 4 is 18.3 Å². The first kappa shape index (κ1) is 19.5. The number of aromatic amines is 1. The van der Waals surface area contributed by atoms with Crippen LogP contribution in [0.25, 0.3) is 11.3 Å². The third-order valence-electron chi connectivity index (χ3n) is 5.08. The SMILES string of the molecule is Cc1nn(C)c(C)c1-c1cc(C(=O)N2CCC(C)CC2CN)[nH]n1.Cl. The molecule has 0 bridgehead atoms. The number of likely N-dealkylation sites (tertiary alicyclic amines) is 1. The molecule has 0 aromatic carbocycles. The largest absolute Gasteiger partial charge is 0.333 e. The molecule has 1 saturated heterocycles. The van der Waals surface area contributed by atoms with E-state index in [1.807, 2.05) is 36.5 Å². The fraction of sp³-hybridized carbons (Fsp3) is 0.588. The lowest BCUT2D eigenvalue weighted by atomic mass is 9.92. The highest BCUT2D eigenvalue weighted by Crippen LogP contribution is 2.27. The second-order valence-corrected chi connectivity index (χ2v) is 6.85. The van der Waals surface area contributed by atoms with Crippen molar-refractivity contribution in [1.29, 1.82) is 0 Å². The number of hydrogen-bond acceptors (Lipinski definition) is 4. The van der Waals surface area contributed by atoms with Gasteiger partial charge < -0.3 is 10.6 Å². The standard InChI is InChI=1S/C17H26N6O.ClH/c1-10-5-6-23(13(7-10)9-18)17(24)15-8-14(19-20-15)16-11(2)21-22(4)12(16)3;/h8,10,13H,5-7,9,18H2,1-4H3,(H,19,20);1H. The lowest BCUT2D eigenvalue weighted by molar-refractivity contribution is 0.0567. The summed E-state index contributed by atoms with van der Waals surface area (Å²) < 4.78 is 1.83. The van der Waals surface area contributed by atoms with E-state index in [0.717, 1.165) is 42.0 Å². The number of H-pyrrole nitrogens is 1. The normalized spacial score (nSPS) is 20.4. The Morgan fingerprint density at radius 1 is 1.44 bits per heavy atom. The number of carbonyl (C=O) groups is 1. The highest BCUT2D eigenvalue weighted by atomic mass is 35.5. The second kappa shape index (κ2) is 7.58. The Bertz CT molecular complexity index is 752. The fourth-order valence-corrected chi connectivity index (χ4v) is 3.60. The van der Waals surface area contributed by atoms with Gasteiger partial charge in [0.1, 0.15) is 5.69 Å². The summed E-state index contributed by atoms with van der Waals surface area (Å²) in [5.74, 6) is 0.593. The lowest BCUT2D eigenvalue weighted by Gasteiger charge is -2.37. The summed E-state index contributed by atoms with van der Waals surface area (Å²) in [6.45, 7) is 7.42. The first-order valence-corrected chi connectivity index (χ1v) is 8.49. The molecule has 25 heavy (non-hydrogen) atoms. The summed E-state index contributed by atoms with van der Waals surface area (Å²) in [6.07, 6.45) is 1.98. The molecule has 0 radical (unpaired) electrons. The van der Waals surface area contributed by atoms with Crippen molar-refractivity contribution in [2.75, 3.05) is 13.1 Å². The van der Waals surface area contributed by atoms with E-state index >= 15 is 0 Å².